The zero-order valence-corrected chi connectivity index (χ0v) is 10.3. The molecule has 0 radical (unpaired) electrons. The Morgan fingerprint density at radius 3 is 2.39 bits per heavy atom. The average Bonchev–Trinajstić information content (AvgIpc) is 2.71. The number of aliphatic hydroxyl groups is 1. The highest BCUT2D eigenvalue weighted by atomic mass is 16.4. The van der Waals surface area contributed by atoms with E-state index >= 15 is 0 Å². The van der Waals surface area contributed by atoms with Gasteiger partial charge in [0.15, 0.2) is 0 Å². The third kappa shape index (κ3) is 2.35. The lowest BCUT2D eigenvalue weighted by atomic mass is 9.81. The van der Waals surface area contributed by atoms with Crippen molar-refractivity contribution < 1.29 is 19.8 Å². The first-order valence-corrected chi connectivity index (χ1v) is 6.45. The van der Waals surface area contributed by atoms with Crippen LogP contribution in [0.3, 0.4) is 0 Å². The highest BCUT2D eigenvalue weighted by molar-refractivity contribution is 5.90. The number of aliphatic carboxylic acids is 1. The summed E-state index contributed by atoms with van der Waals surface area (Å²) in [5.41, 5.74) is 5.19. The summed E-state index contributed by atoms with van der Waals surface area (Å²) >= 11 is 0. The Morgan fingerprint density at radius 1 is 1.22 bits per heavy atom. The molecule has 0 aromatic carbocycles. The fourth-order valence-electron chi connectivity index (χ4n) is 2.95. The minimum atomic E-state index is -1.07. The van der Waals surface area contributed by atoms with Crippen molar-refractivity contribution in [2.24, 2.45) is 5.73 Å². The van der Waals surface area contributed by atoms with Crippen LogP contribution in [-0.4, -0.2) is 51.2 Å². The van der Waals surface area contributed by atoms with Gasteiger partial charge in [-0.15, -0.1) is 0 Å². The smallest absolute Gasteiger partial charge is 0.326 e. The maximum Gasteiger partial charge on any atom is 0.326 e. The van der Waals surface area contributed by atoms with Crippen LogP contribution >= 0.6 is 0 Å². The summed E-state index contributed by atoms with van der Waals surface area (Å²) in [5.74, 6) is -1.38. The standard InChI is InChI=1S/C12H20N2O4/c13-12(4-2-1-3-5-12)11(18)14-7-8(15)6-9(14)10(16)17/h8-9,15H,1-7,13H2,(H,16,17)/t8-,9-/m0/s1. The number of carboxylic acids is 1. The first-order valence-electron chi connectivity index (χ1n) is 6.45. The van der Waals surface area contributed by atoms with Gasteiger partial charge >= 0.3 is 5.97 Å². The van der Waals surface area contributed by atoms with Crippen molar-refractivity contribution in [2.75, 3.05) is 6.54 Å². The number of hydrogen-bond donors (Lipinski definition) is 3. The third-order valence-corrected chi connectivity index (χ3v) is 4.00. The van der Waals surface area contributed by atoms with E-state index in [9.17, 15) is 14.7 Å². The SMILES string of the molecule is NC1(C(=O)N2C[C@@H](O)C[C@H]2C(=O)O)CCCCC1. The van der Waals surface area contributed by atoms with Gasteiger partial charge in [0, 0.05) is 13.0 Å². The predicted molar refractivity (Wildman–Crippen MR) is 63.8 cm³/mol. The van der Waals surface area contributed by atoms with Crippen LogP contribution in [0.2, 0.25) is 0 Å². The molecule has 2 rings (SSSR count). The third-order valence-electron chi connectivity index (χ3n) is 4.00. The van der Waals surface area contributed by atoms with E-state index < -0.39 is 23.7 Å². The van der Waals surface area contributed by atoms with Gasteiger partial charge in [-0.3, -0.25) is 4.79 Å². The van der Waals surface area contributed by atoms with E-state index in [-0.39, 0.29) is 18.9 Å². The Labute approximate surface area is 106 Å². The Hall–Kier alpha value is -1.14. The lowest BCUT2D eigenvalue weighted by Crippen LogP contribution is -2.58. The molecule has 2 atom stereocenters. The summed E-state index contributed by atoms with van der Waals surface area (Å²) < 4.78 is 0. The number of nitrogens with zero attached hydrogens (tertiary/aromatic N) is 1. The molecule has 0 aromatic rings. The number of nitrogens with two attached hydrogens (primary N) is 1. The van der Waals surface area contributed by atoms with Crippen molar-refractivity contribution in [2.45, 2.75) is 56.2 Å². The van der Waals surface area contributed by atoms with Gasteiger partial charge in [0.25, 0.3) is 0 Å². The highest BCUT2D eigenvalue weighted by Gasteiger charge is 2.46. The summed E-state index contributed by atoms with van der Waals surface area (Å²) in [4.78, 5) is 24.8. The summed E-state index contributed by atoms with van der Waals surface area (Å²) in [7, 11) is 0. The molecule has 1 saturated carbocycles. The number of β-amino-alcohol motifs (C(OH)–C–C–N with tert-alkyl or cyclic N) is 1. The van der Waals surface area contributed by atoms with Gasteiger partial charge in [0.2, 0.25) is 5.91 Å². The van der Waals surface area contributed by atoms with Crippen LogP contribution in [0.5, 0.6) is 0 Å². The molecular weight excluding hydrogens is 236 g/mol. The van der Waals surface area contributed by atoms with E-state index in [2.05, 4.69) is 0 Å². The van der Waals surface area contributed by atoms with Gasteiger partial charge in [-0.05, 0) is 12.8 Å². The van der Waals surface area contributed by atoms with Crippen molar-refractivity contribution in [3.05, 3.63) is 0 Å². The quantitative estimate of drug-likeness (QED) is 0.629. The Bertz CT molecular complexity index is 352. The second kappa shape index (κ2) is 4.85. The second-order valence-electron chi connectivity index (χ2n) is 5.42. The molecular formula is C12H20N2O4. The average molecular weight is 256 g/mol. The summed E-state index contributed by atoms with van der Waals surface area (Å²) in [6.45, 7) is 0.0781. The van der Waals surface area contributed by atoms with Gasteiger partial charge in [0.1, 0.15) is 6.04 Å². The van der Waals surface area contributed by atoms with Crippen LogP contribution in [0, 0.1) is 0 Å². The topological polar surface area (TPSA) is 104 Å². The van der Waals surface area contributed by atoms with Crippen molar-refractivity contribution in [3.8, 4) is 0 Å². The number of hydrogen-bond acceptors (Lipinski definition) is 4. The molecule has 102 valence electrons. The summed E-state index contributed by atoms with van der Waals surface area (Å²) in [6.07, 6.45) is 3.40. The zero-order valence-electron chi connectivity index (χ0n) is 10.3. The van der Waals surface area contributed by atoms with Crippen LogP contribution < -0.4 is 5.73 Å². The number of rotatable bonds is 2. The van der Waals surface area contributed by atoms with Crippen LogP contribution in [0.4, 0.5) is 0 Å². The molecule has 1 amide bonds. The van der Waals surface area contributed by atoms with Crippen LogP contribution in [0.1, 0.15) is 38.5 Å². The largest absolute Gasteiger partial charge is 0.480 e. The first kappa shape index (κ1) is 13.3. The molecule has 1 aliphatic heterocycles. The molecule has 2 fully saturated rings. The normalized spacial score (nSPS) is 31.3. The second-order valence-corrected chi connectivity index (χ2v) is 5.42. The van der Waals surface area contributed by atoms with E-state index in [4.69, 9.17) is 10.8 Å². The van der Waals surface area contributed by atoms with Gasteiger partial charge in [-0.1, -0.05) is 19.3 Å². The highest BCUT2D eigenvalue weighted by Crippen LogP contribution is 2.30. The number of carbonyl (C=O) groups is 2. The Morgan fingerprint density at radius 2 is 1.83 bits per heavy atom. The van der Waals surface area contributed by atoms with Crippen LogP contribution in [-0.2, 0) is 9.59 Å². The van der Waals surface area contributed by atoms with E-state index in [1.807, 2.05) is 0 Å². The summed E-state index contributed by atoms with van der Waals surface area (Å²) in [6, 6.07) is -0.935. The number of aliphatic hydroxyl groups excluding tert-OH is 1. The molecule has 0 aromatic heterocycles. The van der Waals surface area contributed by atoms with Gasteiger partial charge in [-0.25, -0.2) is 4.79 Å². The number of carboxylic acid groups (broad SMARTS) is 1. The fourth-order valence-corrected chi connectivity index (χ4v) is 2.95. The molecule has 0 bridgehead atoms. The molecule has 2 aliphatic rings. The molecule has 0 unspecified atom stereocenters. The lowest BCUT2D eigenvalue weighted by molar-refractivity contribution is -0.151. The number of amides is 1. The minimum Gasteiger partial charge on any atom is -0.480 e. The fraction of sp³-hybridized carbons (Fsp3) is 0.833. The van der Waals surface area contributed by atoms with Gasteiger partial charge in [0.05, 0.1) is 11.6 Å². The van der Waals surface area contributed by atoms with Crippen LogP contribution in [0.25, 0.3) is 0 Å². The van der Waals surface area contributed by atoms with Crippen LogP contribution in [0.15, 0.2) is 0 Å². The van der Waals surface area contributed by atoms with Crippen molar-refractivity contribution in [1.82, 2.24) is 4.90 Å². The van der Waals surface area contributed by atoms with E-state index in [0.29, 0.717) is 12.8 Å². The molecule has 1 saturated heterocycles. The molecule has 4 N–H and O–H groups in total. The van der Waals surface area contributed by atoms with Crippen molar-refractivity contribution in [1.29, 1.82) is 0 Å². The molecule has 6 nitrogen and oxygen atoms in total. The zero-order chi connectivity index (χ0) is 13.3. The first-order chi connectivity index (χ1) is 8.44. The van der Waals surface area contributed by atoms with E-state index in [0.717, 1.165) is 19.3 Å². The maximum absolute atomic E-state index is 12.4. The van der Waals surface area contributed by atoms with Crippen molar-refractivity contribution >= 4 is 11.9 Å². The molecule has 1 aliphatic carbocycles. The van der Waals surface area contributed by atoms with E-state index in [1.165, 1.54) is 4.90 Å². The molecule has 18 heavy (non-hydrogen) atoms. The number of likely N-dealkylation sites (tertiary alicyclic amines) is 1. The number of carbonyl (C=O) groups excluding carboxylic acids is 1. The Kier molecular flexibility index (Phi) is 3.59. The molecule has 0 spiro atoms. The lowest BCUT2D eigenvalue weighted by Gasteiger charge is -2.36. The monoisotopic (exact) mass is 256 g/mol. The maximum atomic E-state index is 12.4. The van der Waals surface area contributed by atoms with E-state index in [1.54, 1.807) is 0 Å². The Balaban J connectivity index is 2.14. The minimum absolute atomic E-state index is 0.0781. The van der Waals surface area contributed by atoms with Gasteiger partial charge in [-0.2, -0.15) is 0 Å². The van der Waals surface area contributed by atoms with Gasteiger partial charge < -0.3 is 20.8 Å². The molecule has 6 heteroatoms. The predicted octanol–water partition coefficient (Wildman–Crippen LogP) is -0.306. The van der Waals surface area contributed by atoms with Crippen molar-refractivity contribution in [3.63, 3.8) is 0 Å². The summed E-state index contributed by atoms with van der Waals surface area (Å²) in [5, 5.41) is 18.6. The molecule has 1 heterocycles.